The number of imide groups is 1. The Hall–Kier alpha value is -5.44. The summed E-state index contributed by atoms with van der Waals surface area (Å²) in [5.74, 6) is -3.31. The number of carbonyl (C=O) groups excluding carboxylic acids is 4. The number of amides is 2. The molecule has 46 heavy (non-hydrogen) atoms. The fraction of sp³-hybridized carbons (Fsp3) is 0.243. The van der Waals surface area contributed by atoms with Gasteiger partial charge in [-0.2, -0.15) is 10.2 Å². The number of phenols is 1. The van der Waals surface area contributed by atoms with Gasteiger partial charge in [-0.1, -0.05) is 23.8 Å². The number of aromatic hydroxyl groups is 1. The average molecular weight is 613 g/mol. The number of rotatable bonds is 5. The third-order valence-electron chi connectivity index (χ3n) is 9.52. The van der Waals surface area contributed by atoms with Gasteiger partial charge in [-0.15, -0.1) is 0 Å². The minimum atomic E-state index is -0.681. The highest BCUT2D eigenvalue weighted by Gasteiger charge is 2.56. The summed E-state index contributed by atoms with van der Waals surface area (Å²) in [5.41, 5.74) is 5.44. The number of ketones is 2. The zero-order valence-electron chi connectivity index (χ0n) is 25.7. The van der Waals surface area contributed by atoms with Crippen molar-refractivity contribution in [3.05, 3.63) is 113 Å². The summed E-state index contributed by atoms with van der Waals surface area (Å²) in [4.78, 5) is 58.0. The molecule has 3 aliphatic carbocycles. The van der Waals surface area contributed by atoms with Gasteiger partial charge < -0.3 is 10.0 Å². The molecule has 0 radical (unpaired) electrons. The molecule has 0 spiro atoms. The first-order valence-electron chi connectivity index (χ1n) is 15.3. The Labute approximate surface area is 266 Å². The SMILES string of the molecule is CC1=CC(=O)C2=C(C[C@@H]3C(=CC[C@@H]4C(=O)N(c5ccc(N=Nc6ccc(N(C)C)cc6)cc5)C(=O)[C@@H]43)[C@@H]2c2cccc(O)c2)C1=O. The first kappa shape index (κ1) is 29.3. The van der Waals surface area contributed by atoms with Crippen LogP contribution in [0.25, 0.3) is 0 Å². The predicted octanol–water partition coefficient (Wildman–Crippen LogP) is 6.51. The summed E-state index contributed by atoms with van der Waals surface area (Å²) in [5, 5.41) is 18.9. The molecule has 7 rings (SSSR count). The second-order valence-corrected chi connectivity index (χ2v) is 12.5. The fourth-order valence-electron chi connectivity index (χ4n) is 7.32. The summed E-state index contributed by atoms with van der Waals surface area (Å²) < 4.78 is 0. The highest BCUT2D eigenvalue weighted by atomic mass is 16.3. The second-order valence-electron chi connectivity index (χ2n) is 12.5. The van der Waals surface area contributed by atoms with Crippen molar-refractivity contribution in [2.45, 2.75) is 25.7 Å². The van der Waals surface area contributed by atoms with Crippen LogP contribution in [0, 0.1) is 17.8 Å². The van der Waals surface area contributed by atoms with Crippen LogP contribution in [-0.2, 0) is 19.2 Å². The molecule has 230 valence electrons. The number of Topliss-reactive ketones (excluding diaryl/α,β-unsaturated/α-hetero) is 1. The minimum Gasteiger partial charge on any atom is -0.508 e. The Morgan fingerprint density at radius 1 is 0.848 bits per heavy atom. The number of benzene rings is 3. The molecule has 0 saturated carbocycles. The lowest BCUT2D eigenvalue weighted by Gasteiger charge is -2.42. The lowest BCUT2D eigenvalue weighted by molar-refractivity contribution is -0.123. The van der Waals surface area contributed by atoms with Crippen molar-refractivity contribution in [1.82, 2.24) is 0 Å². The molecule has 4 atom stereocenters. The van der Waals surface area contributed by atoms with E-state index in [2.05, 4.69) is 10.2 Å². The van der Waals surface area contributed by atoms with Crippen LogP contribution < -0.4 is 9.80 Å². The van der Waals surface area contributed by atoms with Crippen LogP contribution in [0.15, 0.2) is 117 Å². The third kappa shape index (κ3) is 4.79. The quantitative estimate of drug-likeness (QED) is 0.152. The van der Waals surface area contributed by atoms with Crippen LogP contribution in [0.5, 0.6) is 5.75 Å². The summed E-state index contributed by atoms with van der Waals surface area (Å²) in [7, 11) is 3.93. The van der Waals surface area contributed by atoms with Gasteiger partial charge in [-0.05, 0) is 98.0 Å². The molecule has 3 aromatic carbocycles. The molecular formula is C37H32N4O5. The topological polar surface area (TPSA) is 120 Å². The number of nitrogens with zero attached hydrogens (tertiary/aromatic N) is 4. The standard InChI is InChI=1S/C37H32N4O5/c1-20-17-31(43)34-30(35(20)44)19-29-27(32(34)21-5-4-6-26(42)18-21)15-16-28-33(29)37(46)41(36(28)45)25-13-9-23(10-14-25)39-38-22-7-11-24(12-8-22)40(2)3/h4-15,17-18,28-29,32-33,42H,16,19H2,1-3H3/t28-,29+,32-,33-/m0/s1. The summed E-state index contributed by atoms with van der Waals surface area (Å²) in [6.07, 6.45) is 3.89. The Morgan fingerprint density at radius 2 is 1.52 bits per heavy atom. The molecule has 1 N–H and O–H groups in total. The lowest BCUT2D eigenvalue weighted by Crippen LogP contribution is -2.39. The molecule has 2 amide bonds. The first-order valence-corrected chi connectivity index (χ1v) is 15.3. The Morgan fingerprint density at radius 3 is 2.17 bits per heavy atom. The van der Waals surface area contributed by atoms with E-state index in [1.54, 1.807) is 49.4 Å². The Bertz CT molecular complexity index is 1930. The molecular weight excluding hydrogens is 580 g/mol. The van der Waals surface area contributed by atoms with Crippen molar-refractivity contribution in [3.8, 4) is 5.75 Å². The highest BCUT2D eigenvalue weighted by Crippen LogP contribution is 2.55. The van der Waals surface area contributed by atoms with E-state index >= 15 is 0 Å². The predicted molar refractivity (Wildman–Crippen MR) is 173 cm³/mol. The summed E-state index contributed by atoms with van der Waals surface area (Å²) in [6.45, 7) is 1.62. The number of carbonyl (C=O) groups is 4. The van der Waals surface area contributed by atoms with Gasteiger partial charge in [0.2, 0.25) is 11.8 Å². The molecule has 0 bridgehead atoms. The zero-order chi connectivity index (χ0) is 32.3. The monoisotopic (exact) mass is 612 g/mol. The maximum Gasteiger partial charge on any atom is 0.238 e. The average Bonchev–Trinajstić information content (AvgIpc) is 3.31. The van der Waals surface area contributed by atoms with Crippen LogP contribution in [0.2, 0.25) is 0 Å². The molecule has 1 saturated heterocycles. The fourth-order valence-corrected chi connectivity index (χ4v) is 7.32. The molecule has 1 heterocycles. The maximum atomic E-state index is 14.2. The molecule has 9 heteroatoms. The molecule has 1 fully saturated rings. The number of azo groups is 1. The Balaban J connectivity index is 1.19. The number of fused-ring (bicyclic) bond motifs is 3. The van der Waals surface area contributed by atoms with Gasteiger partial charge in [0.15, 0.2) is 11.6 Å². The van der Waals surface area contributed by atoms with Crippen LogP contribution in [0.3, 0.4) is 0 Å². The van der Waals surface area contributed by atoms with Crippen LogP contribution in [0.1, 0.15) is 31.2 Å². The highest BCUT2D eigenvalue weighted by molar-refractivity contribution is 6.25. The molecule has 1 aliphatic heterocycles. The normalized spacial score (nSPS) is 24.1. The number of allylic oxidation sites excluding steroid dienone is 6. The van der Waals surface area contributed by atoms with E-state index in [4.69, 9.17) is 0 Å². The Kier molecular flexibility index (Phi) is 7.11. The molecule has 9 nitrogen and oxygen atoms in total. The largest absolute Gasteiger partial charge is 0.508 e. The van der Waals surface area contributed by atoms with Crippen molar-refractivity contribution < 1.29 is 24.3 Å². The van der Waals surface area contributed by atoms with Gasteiger partial charge in [0.25, 0.3) is 0 Å². The maximum absolute atomic E-state index is 14.2. The third-order valence-corrected chi connectivity index (χ3v) is 9.52. The van der Waals surface area contributed by atoms with E-state index in [0.29, 0.717) is 45.8 Å². The van der Waals surface area contributed by atoms with E-state index in [-0.39, 0.29) is 35.6 Å². The van der Waals surface area contributed by atoms with Crippen molar-refractivity contribution in [1.29, 1.82) is 0 Å². The second kappa shape index (κ2) is 11.2. The van der Waals surface area contributed by atoms with E-state index in [0.717, 1.165) is 11.3 Å². The number of hydrogen-bond acceptors (Lipinski definition) is 8. The van der Waals surface area contributed by atoms with Crippen molar-refractivity contribution >= 4 is 46.1 Å². The smallest absolute Gasteiger partial charge is 0.238 e. The van der Waals surface area contributed by atoms with E-state index < -0.39 is 23.7 Å². The van der Waals surface area contributed by atoms with Gasteiger partial charge in [0, 0.05) is 42.4 Å². The summed E-state index contributed by atoms with van der Waals surface area (Å²) >= 11 is 0. The summed E-state index contributed by atoms with van der Waals surface area (Å²) in [6, 6.07) is 21.2. The first-order chi connectivity index (χ1) is 22.1. The van der Waals surface area contributed by atoms with Gasteiger partial charge in [-0.25, -0.2) is 0 Å². The van der Waals surface area contributed by atoms with Gasteiger partial charge in [-0.3, -0.25) is 24.1 Å². The van der Waals surface area contributed by atoms with Crippen LogP contribution in [0.4, 0.5) is 22.7 Å². The van der Waals surface area contributed by atoms with Gasteiger partial charge in [0.1, 0.15) is 5.75 Å². The van der Waals surface area contributed by atoms with Crippen LogP contribution >= 0.6 is 0 Å². The number of anilines is 2. The lowest BCUT2D eigenvalue weighted by atomic mass is 9.59. The molecule has 4 aliphatic rings. The van der Waals surface area contributed by atoms with Crippen molar-refractivity contribution in [2.75, 3.05) is 23.9 Å². The van der Waals surface area contributed by atoms with Gasteiger partial charge in [0.05, 0.1) is 28.9 Å². The minimum absolute atomic E-state index is 0.0425. The van der Waals surface area contributed by atoms with Gasteiger partial charge >= 0.3 is 0 Å². The van der Waals surface area contributed by atoms with E-state index in [1.165, 1.54) is 11.0 Å². The van der Waals surface area contributed by atoms with Crippen LogP contribution in [-0.4, -0.2) is 42.6 Å². The molecule has 0 aromatic heterocycles. The number of hydrogen-bond donors (Lipinski definition) is 1. The molecule has 3 aromatic rings. The van der Waals surface area contributed by atoms with Crippen molar-refractivity contribution in [3.63, 3.8) is 0 Å². The van der Waals surface area contributed by atoms with E-state index in [9.17, 15) is 24.3 Å². The number of phenolic OH excluding ortho intramolecular Hbond substituents is 1. The zero-order valence-corrected chi connectivity index (χ0v) is 25.7. The van der Waals surface area contributed by atoms with E-state index in [1.807, 2.05) is 55.4 Å². The molecule has 0 unspecified atom stereocenters. The van der Waals surface area contributed by atoms with Crippen molar-refractivity contribution in [2.24, 2.45) is 28.0 Å².